The molecule has 3 nitrogen and oxygen atoms in total. The highest BCUT2D eigenvalue weighted by molar-refractivity contribution is 6.30. The number of hydrogen-bond donors (Lipinski definition) is 0. The van der Waals surface area contributed by atoms with E-state index in [0.717, 1.165) is 0 Å². The van der Waals surface area contributed by atoms with Crippen LogP contribution in [0.1, 0.15) is 0 Å². The van der Waals surface area contributed by atoms with Crippen molar-refractivity contribution < 1.29 is 9.53 Å². The fourth-order valence-electron chi connectivity index (χ4n) is 0.706. The summed E-state index contributed by atoms with van der Waals surface area (Å²) in [6.07, 6.45) is 0. The highest BCUT2D eigenvalue weighted by atomic mass is 35.5. The first-order valence-corrected chi connectivity index (χ1v) is 3.69. The van der Waals surface area contributed by atoms with Crippen LogP contribution in [-0.2, 0) is 4.79 Å². The second-order valence-electron chi connectivity index (χ2n) is 2.17. The van der Waals surface area contributed by atoms with Gasteiger partial charge in [-0.2, -0.15) is 0 Å². The lowest BCUT2D eigenvalue weighted by Gasteiger charge is -2.01. The third kappa shape index (κ3) is 2.80. The van der Waals surface area contributed by atoms with Crippen molar-refractivity contribution in [1.82, 2.24) is 5.73 Å². The zero-order valence-corrected chi connectivity index (χ0v) is 6.97. The van der Waals surface area contributed by atoms with E-state index in [1.54, 1.807) is 24.3 Å². The zero-order chi connectivity index (χ0) is 8.97. The molecule has 12 heavy (non-hydrogen) atoms. The number of amides is 1. The number of carbonyl (C=O) groups excluding carboxylic acids is 1. The van der Waals surface area contributed by atoms with E-state index in [0.29, 0.717) is 10.8 Å². The number of halogens is 1. The molecule has 1 amide bonds. The number of nitrogens with one attached hydrogen (secondary N) is 1. The molecule has 0 aliphatic heterocycles. The molecule has 63 valence electrons. The Morgan fingerprint density at radius 1 is 1.58 bits per heavy atom. The lowest BCUT2D eigenvalue weighted by Crippen LogP contribution is -2.11. The van der Waals surface area contributed by atoms with Gasteiger partial charge < -0.3 is 4.74 Å². The van der Waals surface area contributed by atoms with Crippen molar-refractivity contribution in [3.63, 3.8) is 0 Å². The largest absolute Gasteiger partial charge is 0.484 e. The van der Waals surface area contributed by atoms with Gasteiger partial charge in [-0.1, -0.05) is 17.7 Å². The summed E-state index contributed by atoms with van der Waals surface area (Å²) < 4.78 is 4.93. The molecule has 4 heteroatoms. The van der Waals surface area contributed by atoms with E-state index in [2.05, 4.69) is 0 Å². The van der Waals surface area contributed by atoms with Crippen LogP contribution in [0.4, 0.5) is 0 Å². The number of hydrogen-bond acceptors (Lipinski definition) is 2. The van der Waals surface area contributed by atoms with Crippen molar-refractivity contribution in [2.75, 3.05) is 6.61 Å². The monoisotopic (exact) mass is 184 g/mol. The first-order valence-electron chi connectivity index (χ1n) is 3.31. The van der Waals surface area contributed by atoms with Gasteiger partial charge >= 0.3 is 0 Å². The summed E-state index contributed by atoms with van der Waals surface area (Å²) in [7, 11) is 0. The van der Waals surface area contributed by atoms with Crippen molar-refractivity contribution in [2.45, 2.75) is 0 Å². The van der Waals surface area contributed by atoms with Crippen LogP contribution in [0, 0.1) is 0 Å². The molecule has 1 aromatic rings. The summed E-state index contributed by atoms with van der Waals surface area (Å²) >= 11 is 5.65. The maximum absolute atomic E-state index is 10.2. The molecular formula is C8H7ClNO2. The highest BCUT2D eigenvalue weighted by Gasteiger charge is 1.97. The van der Waals surface area contributed by atoms with E-state index >= 15 is 0 Å². The van der Waals surface area contributed by atoms with Gasteiger partial charge in [-0.05, 0) is 18.2 Å². The van der Waals surface area contributed by atoms with Crippen LogP contribution in [0.5, 0.6) is 5.75 Å². The van der Waals surface area contributed by atoms with Crippen LogP contribution in [0.15, 0.2) is 24.3 Å². The number of rotatable bonds is 3. The first-order chi connectivity index (χ1) is 5.68. The third-order valence-electron chi connectivity index (χ3n) is 1.17. The summed E-state index contributed by atoms with van der Waals surface area (Å²) in [5.74, 6) is -0.252. The minimum Gasteiger partial charge on any atom is -0.484 e. The molecule has 0 atom stereocenters. The molecule has 0 bridgehead atoms. The van der Waals surface area contributed by atoms with Gasteiger partial charge in [0.05, 0.1) is 0 Å². The average molecular weight is 185 g/mol. The number of carbonyl (C=O) groups is 1. The van der Waals surface area contributed by atoms with Gasteiger partial charge in [0.1, 0.15) is 5.75 Å². The van der Waals surface area contributed by atoms with E-state index in [1.165, 1.54) is 0 Å². The van der Waals surface area contributed by atoms with E-state index in [-0.39, 0.29) is 6.61 Å². The van der Waals surface area contributed by atoms with Crippen molar-refractivity contribution >= 4 is 17.5 Å². The minimum atomic E-state index is -0.755. The van der Waals surface area contributed by atoms with Gasteiger partial charge in [-0.3, -0.25) is 10.5 Å². The van der Waals surface area contributed by atoms with Gasteiger partial charge in [0.2, 0.25) is 0 Å². The highest BCUT2D eigenvalue weighted by Crippen LogP contribution is 2.16. The Morgan fingerprint density at radius 3 is 2.92 bits per heavy atom. The van der Waals surface area contributed by atoms with E-state index in [4.69, 9.17) is 22.1 Å². The maximum atomic E-state index is 10.2. The molecule has 0 spiro atoms. The maximum Gasteiger partial charge on any atom is 0.276 e. The lowest BCUT2D eigenvalue weighted by atomic mass is 10.3. The summed E-state index contributed by atoms with van der Waals surface area (Å²) in [6, 6.07) is 6.68. The lowest BCUT2D eigenvalue weighted by molar-refractivity contribution is -0.120. The fraction of sp³-hybridized carbons (Fsp3) is 0.125. The molecule has 1 aromatic carbocycles. The smallest absolute Gasteiger partial charge is 0.276 e. The van der Waals surface area contributed by atoms with Crippen LogP contribution in [0.3, 0.4) is 0 Å². The Kier molecular flexibility index (Phi) is 2.94. The van der Waals surface area contributed by atoms with Crippen molar-refractivity contribution in [3.8, 4) is 5.75 Å². The Balaban J connectivity index is 2.57. The minimum absolute atomic E-state index is 0.236. The van der Waals surface area contributed by atoms with Gasteiger partial charge in [0, 0.05) is 5.02 Å². The Labute approximate surface area is 75.1 Å². The summed E-state index contributed by atoms with van der Waals surface area (Å²) in [5.41, 5.74) is 6.58. The van der Waals surface area contributed by atoms with Crippen LogP contribution >= 0.6 is 11.6 Å². The van der Waals surface area contributed by atoms with Crippen LogP contribution in [0.25, 0.3) is 0 Å². The SMILES string of the molecule is [NH]C(=O)COc1cccc(Cl)c1. The average Bonchev–Trinajstić information content (AvgIpc) is 2.01. The second kappa shape index (κ2) is 3.97. The number of ether oxygens (including phenoxy) is 1. The molecule has 0 aromatic heterocycles. The molecule has 1 N–H and O–H groups in total. The molecule has 0 fully saturated rings. The fourth-order valence-corrected chi connectivity index (χ4v) is 0.886. The van der Waals surface area contributed by atoms with Gasteiger partial charge in [0.25, 0.3) is 5.91 Å². The molecule has 1 rings (SSSR count). The van der Waals surface area contributed by atoms with Crippen molar-refractivity contribution in [2.24, 2.45) is 0 Å². The quantitative estimate of drug-likeness (QED) is 0.715. The third-order valence-corrected chi connectivity index (χ3v) is 1.40. The van der Waals surface area contributed by atoms with Crippen LogP contribution < -0.4 is 10.5 Å². The predicted molar refractivity (Wildman–Crippen MR) is 45.1 cm³/mol. The Bertz CT molecular complexity index is 288. The standard InChI is InChI=1S/C8H7ClNO2/c9-6-2-1-3-7(4-6)12-5-8(10)11/h1-4,10H,5H2. The van der Waals surface area contributed by atoms with Crippen LogP contribution in [0.2, 0.25) is 5.02 Å². The molecule has 0 aliphatic rings. The summed E-state index contributed by atoms with van der Waals surface area (Å²) in [5, 5.41) is 0.546. The first kappa shape index (κ1) is 8.87. The Morgan fingerprint density at radius 2 is 2.33 bits per heavy atom. The topological polar surface area (TPSA) is 50.1 Å². The Hall–Kier alpha value is -1.22. The van der Waals surface area contributed by atoms with E-state index in [9.17, 15) is 4.79 Å². The van der Waals surface area contributed by atoms with Gasteiger partial charge in [-0.25, -0.2) is 0 Å². The van der Waals surface area contributed by atoms with E-state index in [1.807, 2.05) is 0 Å². The molecule has 1 radical (unpaired) electrons. The zero-order valence-electron chi connectivity index (χ0n) is 6.21. The molecule has 0 aliphatic carbocycles. The van der Waals surface area contributed by atoms with Crippen molar-refractivity contribution in [3.05, 3.63) is 29.3 Å². The molecule has 0 unspecified atom stereocenters. The molecule has 0 heterocycles. The normalized spacial score (nSPS) is 9.42. The van der Waals surface area contributed by atoms with Crippen LogP contribution in [-0.4, -0.2) is 12.5 Å². The molecule has 0 saturated carbocycles. The number of benzene rings is 1. The second-order valence-corrected chi connectivity index (χ2v) is 2.61. The molecular weight excluding hydrogens is 178 g/mol. The van der Waals surface area contributed by atoms with Crippen molar-refractivity contribution in [1.29, 1.82) is 0 Å². The van der Waals surface area contributed by atoms with E-state index < -0.39 is 5.91 Å². The van der Waals surface area contributed by atoms with Gasteiger partial charge in [-0.15, -0.1) is 0 Å². The summed E-state index contributed by atoms with van der Waals surface area (Å²) in [4.78, 5) is 10.2. The molecule has 0 saturated heterocycles. The predicted octanol–water partition coefficient (Wildman–Crippen LogP) is 1.53. The summed E-state index contributed by atoms with van der Waals surface area (Å²) in [6.45, 7) is -0.236. The van der Waals surface area contributed by atoms with Gasteiger partial charge in [0.15, 0.2) is 6.61 Å².